The van der Waals surface area contributed by atoms with Gasteiger partial charge < -0.3 is 5.11 Å². The Balaban J connectivity index is 2.38. The molecule has 2 atom stereocenters. The minimum Gasteiger partial charge on any atom is -0.387 e. The average molecular weight is 325 g/mol. The van der Waals surface area contributed by atoms with Crippen LogP contribution in [0.3, 0.4) is 0 Å². The van der Waals surface area contributed by atoms with E-state index in [2.05, 4.69) is 19.9 Å². The van der Waals surface area contributed by atoms with E-state index in [4.69, 9.17) is 0 Å². The molecule has 0 saturated carbocycles. The standard InChI is InChI=1S/C20H23NO3/c1-3-15(4-2)14-19(16-8-6-5-7-9-16)20(22)17-10-12-18(13-11-17)21(23)24/h5-14,19-20,22H,3-4H2,1-2H3/t19-,20-/m0/s1. The first-order valence-corrected chi connectivity index (χ1v) is 8.23. The molecule has 0 fully saturated rings. The number of non-ortho nitro benzene ring substituents is 1. The molecule has 0 spiro atoms. The number of nitro benzene ring substituents is 1. The van der Waals surface area contributed by atoms with Crippen molar-refractivity contribution in [2.75, 3.05) is 0 Å². The highest BCUT2D eigenvalue weighted by molar-refractivity contribution is 5.37. The predicted octanol–water partition coefficient (Wildman–Crippen LogP) is 5.16. The fraction of sp³-hybridized carbons (Fsp3) is 0.300. The SMILES string of the molecule is CCC(=C[C@@H](c1ccccc1)[C@@H](O)c1ccc([N+](=O)[O-])cc1)CC. The van der Waals surface area contributed by atoms with Crippen LogP contribution in [0.4, 0.5) is 5.69 Å². The van der Waals surface area contributed by atoms with E-state index in [1.165, 1.54) is 17.7 Å². The van der Waals surface area contributed by atoms with Gasteiger partial charge in [-0.3, -0.25) is 10.1 Å². The second-order valence-electron chi connectivity index (χ2n) is 5.76. The van der Waals surface area contributed by atoms with E-state index in [0.29, 0.717) is 5.56 Å². The van der Waals surface area contributed by atoms with Gasteiger partial charge in [0.15, 0.2) is 0 Å². The zero-order valence-corrected chi connectivity index (χ0v) is 14.1. The Hall–Kier alpha value is -2.46. The van der Waals surface area contributed by atoms with Gasteiger partial charge in [0, 0.05) is 18.1 Å². The molecule has 24 heavy (non-hydrogen) atoms. The highest BCUT2D eigenvalue weighted by atomic mass is 16.6. The predicted molar refractivity (Wildman–Crippen MR) is 95.9 cm³/mol. The largest absolute Gasteiger partial charge is 0.387 e. The molecule has 0 saturated heterocycles. The molecule has 2 aromatic carbocycles. The first-order chi connectivity index (χ1) is 11.6. The lowest BCUT2D eigenvalue weighted by Gasteiger charge is -2.22. The number of nitro groups is 1. The summed E-state index contributed by atoms with van der Waals surface area (Å²) in [5, 5.41) is 21.7. The zero-order valence-electron chi connectivity index (χ0n) is 14.1. The van der Waals surface area contributed by atoms with Crippen molar-refractivity contribution >= 4 is 5.69 Å². The number of benzene rings is 2. The maximum atomic E-state index is 10.9. The van der Waals surface area contributed by atoms with Crippen molar-refractivity contribution in [3.8, 4) is 0 Å². The molecule has 0 radical (unpaired) electrons. The van der Waals surface area contributed by atoms with Crippen molar-refractivity contribution in [3.63, 3.8) is 0 Å². The summed E-state index contributed by atoms with van der Waals surface area (Å²) in [5.74, 6) is -0.178. The van der Waals surface area contributed by atoms with Gasteiger partial charge in [-0.15, -0.1) is 0 Å². The van der Waals surface area contributed by atoms with Gasteiger partial charge in [-0.2, -0.15) is 0 Å². The normalized spacial score (nSPS) is 13.1. The van der Waals surface area contributed by atoms with E-state index in [1.54, 1.807) is 12.1 Å². The molecule has 126 valence electrons. The number of hydrogen-bond donors (Lipinski definition) is 1. The van der Waals surface area contributed by atoms with Crippen LogP contribution in [0.15, 0.2) is 66.2 Å². The summed E-state index contributed by atoms with van der Waals surface area (Å²) in [4.78, 5) is 10.4. The smallest absolute Gasteiger partial charge is 0.269 e. The maximum absolute atomic E-state index is 10.9. The summed E-state index contributed by atoms with van der Waals surface area (Å²) in [5.41, 5.74) is 3.02. The Morgan fingerprint density at radius 3 is 2.12 bits per heavy atom. The maximum Gasteiger partial charge on any atom is 0.269 e. The van der Waals surface area contributed by atoms with Gasteiger partial charge >= 0.3 is 0 Å². The first kappa shape index (κ1) is 17.9. The molecule has 0 aliphatic carbocycles. The number of rotatable bonds is 7. The Kier molecular flexibility index (Phi) is 6.27. The van der Waals surface area contributed by atoms with Crippen LogP contribution in [0.1, 0.15) is 49.8 Å². The molecular weight excluding hydrogens is 302 g/mol. The van der Waals surface area contributed by atoms with E-state index in [0.717, 1.165) is 18.4 Å². The number of allylic oxidation sites excluding steroid dienone is 1. The highest BCUT2D eigenvalue weighted by Crippen LogP contribution is 2.34. The van der Waals surface area contributed by atoms with Gasteiger partial charge in [0.2, 0.25) is 0 Å². The van der Waals surface area contributed by atoms with Crippen LogP contribution in [0.5, 0.6) is 0 Å². The van der Waals surface area contributed by atoms with Gasteiger partial charge in [-0.1, -0.05) is 55.8 Å². The Labute approximate surface area is 142 Å². The molecule has 0 aliphatic heterocycles. The molecular formula is C20H23NO3. The van der Waals surface area contributed by atoms with Crippen LogP contribution in [-0.2, 0) is 0 Å². The van der Waals surface area contributed by atoms with E-state index < -0.39 is 11.0 Å². The van der Waals surface area contributed by atoms with Crippen LogP contribution in [-0.4, -0.2) is 10.0 Å². The molecule has 2 aromatic rings. The first-order valence-electron chi connectivity index (χ1n) is 8.23. The molecule has 0 bridgehead atoms. The van der Waals surface area contributed by atoms with Gasteiger partial charge in [0.25, 0.3) is 5.69 Å². The molecule has 1 N–H and O–H groups in total. The van der Waals surface area contributed by atoms with E-state index in [1.807, 2.05) is 30.3 Å². The number of nitrogens with zero attached hydrogens (tertiary/aromatic N) is 1. The van der Waals surface area contributed by atoms with Crippen molar-refractivity contribution in [2.24, 2.45) is 0 Å². The lowest BCUT2D eigenvalue weighted by molar-refractivity contribution is -0.384. The van der Waals surface area contributed by atoms with Gasteiger partial charge in [-0.25, -0.2) is 0 Å². The topological polar surface area (TPSA) is 63.4 Å². The molecule has 0 unspecified atom stereocenters. The van der Waals surface area contributed by atoms with Crippen molar-refractivity contribution in [2.45, 2.75) is 38.7 Å². The zero-order chi connectivity index (χ0) is 17.5. The van der Waals surface area contributed by atoms with Crippen molar-refractivity contribution in [1.29, 1.82) is 0 Å². The van der Waals surface area contributed by atoms with Crippen LogP contribution < -0.4 is 0 Å². The summed E-state index contributed by atoms with van der Waals surface area (Å²) in [6.45, 7) is 4.21. The third-order valence-electron chi connectivity index (χ3n) is 4.29. The molecule has 0 heterocycles. The number of aliphatic hydroxyl groups excluding tert-OH is 1. The van der Waals surface area contributed by atoms with Crippen molar-refractivity contribution < 1.29 is 10.0 Å². The summed E-state index contributed by atoms with van der Waals surface area (Å²) in [6.07, 6.45) is 3.25. The van der Waals surface area contributed by atoms with E-state index in [9.17, 15) is 15.2 Å². The Morgan fingerprint density at radius 2 is 1.62 bits per heavy atom. The Morgan fingerprint density at radius 1 is 1.04 bits per heavy atom. The lowest BCUT2D eigenvalue weighted by atomic mass is 9.86. The third-order valence-corrected chi connectivity index (χ3v) is 4.29. The van der Waals surface area contributed by atoms with E-state index in [-0.39, 0.29) is 11.6 Å². The number of aliphatic hydroxyl groups is 1. The second kappa shape index (κ2) is 8.41. The molecule has 4 heteroatoms. The monoisotopic (exact) mass is 325 g/mol. The summed E-state index contributed by atoms with van der Waals surface area (Å²) >= 11 is 0. The molecule has 4 nitrogen and oxygen atoms in total. The molecule has 0 amide bonds. The van der Waals surface area contributed by atoms with Crippen LogP contribution >= 0.6 is 0 Å². The van der Waals surface area contributed by atoms with Gasteiger partial charge in [-0.05, 0) is 36.1 Å². The van der Waals surface area contributed by atoms with E-state index >= 15 is 0 Å². The minimum absolute atomic E-state index is 0.0283. The molecule has 2 rings (SSSR count). The van der Waals surface area contributed by atoms with Crippen LogP contribution in [0.2, 0.25) is 0 Å². The molecule has 0 aromatic heterocycles. The van der Waals surface area contributed by atoms with Gasteiger partial charge in [0.05, 0.1) is 11.0 Å². The second-order valence-corrected chi connectivity index (χ2v) is 5.76. The summed E-state index contributed by atoms with van der Waals surface area (Å²) in [6, 6.07) is 16.0. The summed E-state index contributed by atoms with van der Waals surface area (Å²) in [7, 11) is 0. The van der Waals surface area contributed by atoms with Crippen molar-refractivity contribution in [1.82, 2.24) is 0 Å². The fourth-order valence-electron chi connectivity index (χ4n) is 2.79. The third kappa shape index (κ3) is 4.30. The average Bonchev–Trinajstić information content (AvgIpc) is 2.63. The lowest BCUT2D eigenvalue weighted by Crippen LogP contribution is -2.10. The summed E-state index contributed by atoms with van der Waals surface area (Å²) < 4.78 is 0. The quantitative estimate of drug-likeness (QED) is 0.434. The number of hydrogen-bond acceptors (Lipinski definition) is 3. The Bertz CT molecular complexity index is 687. The minimum atomic E-state index is -0.749. The highest BCUT2D eigenvalue weighted by Gasteiger charge is 2.21. The van der Waals surface area contributed by atoms with Crippen LogP contribution in [0.25, 0.3) is 0 Å². The van der Waals surface area contributed by atoms with Crippen molar-refractivity contribution in [3.05, 3.63) is 87.5 Å². The molecule has 0 aliphatic rings. The van der Waals surface area contributed by atoms with Crippen LogP contribution in [0, 0.1) is 10.1 Å². The van der Waals surface area contributed by atoms with Gasteiger partial charge in [0.1, 0.15) is 0 Å². The fourth-order valence-corrected chi connectivity index (χ4v) is 2.79.